The molecule has 6 nitrogen and oxygen atoms in total. The number of fused-ring (bicyclic) bond motifs is 1. The summed E-state index contributed by atoms with van der Waals surface area (Å²) in [6.07, 6.45) is -5.82. The number of ether oxygens (including phenoxy) is 1. The van der Waals surface area contributed by atoms with E-state index in [4.69, 9.17) is 9.84 Å². The molecule has 1 aromatic carbocycles. The second-order valence-corrected chi connectivity index (χ2v) is 5.68. The summed E-state index contributed by atoms with van der Waals surface area (Å²) in [5, 5.41) is 21.9. The molecule has 26 heavy (non-hydrogen) atoms. The van der Waals surface area contributed by atoms with E-state index in [1.54, 1.807) is 0 Å². The minimum absolute atomic E-state index is 0.156. The van der Waals surface area contributed by atoms with Crippen molar-refractivity contribution in [2.75, 3.05) is 13.2 Å². The van der Waals surface area contributed by atoms with E-state index >= 15 is 0 Å². The molecule has 1 unspecified atom stereocenters. The van der Waals surface area contributed by atoms with Crippen molar-refractivity contribution >= 4 is 0 Å². The Kier molecular flexibility index (Phi) is 5.08. The standard InChI is InChI=1S/C16H15F4N3O3/c17-8-1-2-13(10(5-8)16(18,19)20)26-15-9-3-4-21-6-11(9)22-14(23-15)12(25)7-24/h1-2,5,12,21,24-25H,3-4,6-7H2. The lowest BCUT2D eigenvalue weighted by atomic mass is 10.1. The average Bonchev–Trinajstić information content (AvgIpc) is 2.61. The van der Waals surface area contributed by atoms with Gasteiger partial charge in [0, 0.05) is 12.1 Å². The van der Waals surface area contributed by atoms with Crippen LogP contribution in [0.5, 0.6) is 11.6 Å². The third-order valence-electron chi connectivity index (χ3n) is 3.84. The van der Waals surface area contributed by atoms with Gasteiger partial charge in [-0.3, -0.25) is 0 Å². The molecule has 2 heterocycles. The van der Waals surface area contributed by atoms with Gasteiger partial charge in [-0.15, -0.1) is 0 Å². The number of halogens is 4. The Morgan fingerprint density at radius 3 is 2.73 bits per heavy atom. The van der Waals surface area contributed by atoms with E-state index in [9.17, 15) is 22.7 Å². The van der Waals surface area contributed by atoms with Gasteiger partial charge in [0.2, 0.25) is 5.88 Å². The lowest BCUT2D eigenvalue weighted by Gasteiger charge is -2.21. The first-order valence-electron chi connectivity index (χ1n) is 7.73. The third-order valence-corrected chi connectivity index (χ3v) is 3.84. The van der Waals surface area contributed by atoms with E-state index in [0.717, 1.165) is 12.1 Å². The summed E-state index contributed by atoms with van der Waals surface area (Å²) in [7, 11) is 0. The number of hydrogen-bond acceptors (Lipinski definition) is 6. The fraction of sp³-hybridized carbons (Fsp3) is 0.375. The van der Waals surface area contributed by atoms with Gasteiger partial charge < -0.3 is 20.3 Å². The van der Waals surface area contributed by atoms with Crippen LogP contribution in [0.4, 0.5) is 17.6 Å². The Hall–Kier alpha value is -2.30. The van der Waals surface area contributed by atoms with Crippen LogP contribution in [0, 0.1) is 5.82 Å². The van der Waals surface area contributed by atoms with E-state index in [1.807, 2.05) is 0 Å². The van der Waals surface area contributed by atoms with E-state index < -0.39 is 36.0 Å². The number of hydrogen-bond donors (Lipinski definition) is 3. The maximum atomic E-state index is 13.3. The highest BCUT2D eigenvalue weighted by atomic mass is 19.4. The third kappa shape index (κ3) is 3.76. The molecule has 0 aliphatic carbocycles. The Balaban J connectivity index is 2.07. The fourth-order valence-corrected chi connectivity index (χ4v) is 2.58. The highest BCUT2D eigenvalue weighted by molar-refractivity contribution is 5.42. The van der Waals surface area contributed by atoms with Crippen LogP contribution in [0.15, 0.2) is 18.2 Å². The maximum absolute atomic E-state index is 13.3. The van der Waals surface area contributed by atoms with Gasteiger partial charge >= 0.3 is 6.18 Å². The van der Waals surface area contributed by atoms with Crippen LogP contribution in [-0.2, 0) is 19.1 Å². The number of rotatable bonds is 4. The molecule has 0 bridgehead atoms. The predicted molar refractivity (Wildman–Crippen MR) is 81.0 cm³/mol. The summed E-state index contributed by atoms with van der Waals surface area (Å²) in [5.74, 6) is -1.98. The zero-order chi connectivity index (χ0) is 18.9. The fourth-order valence-electron chi connectivity index (χ4n) is 2.58. The Bertz CT molecular complexity index is 814. The van der Waals surface area contributed by atoms with Crippen molar-refractivity contribution in [3.8, 4) is 11.6 Å². The maximum Gasteiger partial charge on any atom is 0.420 e. The molecule has 3 N–H and O–H groups in total. The summed E-state index contributed by atoms with van der Waals surface area (Å²) in [6, 6.07) is 2.06. The molecule has 0 radical (unpaired) electrons. The van der Waals surface area contributed by atoms with Gasteiger partial charge in [-0.05, 0) is 31.2 Å². The highest BCUT2D eigenvalue weighted by Gasteiger charge is 2.35. The molecule has 140 valence electrons. The van der Waals surface area contributed by atoms with E-state index in [1.165, 1.54) is 0 Å². The minimum Gasteiger partial charge on any atom is -0.438 e. The second kappa shape index (κ2) is 7.14. The number of alkyl halides is 3. The summed E-state index contributed by atoms with van der Waals surface area (Å²) in [6.45, 7) is 0.203. The minimum atomic E-state index is -4.82. The van der Waals surface area contributed by atoms with Gasteiger partial charge in [-0.25, -0.2) is 9.37 Å². The number of nitrogens with one attached hydrogen (secondary N) is 1. The Morgan fingerprint density at radius 2 is 2.04 bits per heavy atom. The van der Waals surface area contributed by atoms with Gasteiger partial charge in [-0.1, -0.05) is 0 Å². The van der Waals surface area contributed by atoms with Gasteiger partial charge in [0.15, 0.2) is 5.82 Å². The largest absolute Gasteiger partial charge is 0.438 e. The molecule has 1 aliphatic rings. The van der Waals surface area contributed by atoms with Crippen molar-refractivity contribution in [3.63, 3.8) is 0 Å². The number of benzene rings is 1. The van der Waals surface area contributed by atoms with Crippen molar-refractivity contribution in [2.45, 2.75) is 25.2 Å². The SMILES string of the molecule is OCC(O)c1nc2c(c(Oc3ccc(F)cc3C(F)(F)F)n1)CCNC2. The Labute approximate surface area is 145 Å². The monoisotopic (exact) mass is 373 g/mol. The first-order chi connectivity index (χ1) is 12.3. The van der Waals surface area contributed by atoms with Crippen molar-refractivity contribution in [2.24, 2.45) is 0 Å². The molecular formula is C16H15F4N3O3. The first kappa shape index (κ1) is 18.5. The molecule has 10 heteroatoms. The molecular weight excluding hydrogens is 358 g/mol. The number of nitrogens with zero attached hydrogens (tertiary/aromatic N) is 2. The summed E-state index contributed by atoms with van der Waals surface area (Å²) in [5.41, 5.74) is -0.322. The number of aromatic nitrogens is 2. The molecule has 1 aliphatic heterocycles. The van der Waals surface area contributed by atoms with E-state index in [0.29, 0.717) is 36.8 Å². The summed E-state index contributed by atoms with van der Waals surface area (Å²) < 4.78 is 58.1. The number of aliphatic hydroxyl groups excluding tert-OH is 2. The normalized spacial score (nSPS) is 15.5. The molecule has 3 rings (SSSR count). The van der Waals surface area contributed by atoms with Crippen LogP contribution in [0.25, 0.3) is 0 Å². The Morgan fingerprint density at radius 1 is 1.27 bits per heavy atom. The molecule has 1 aromatic heterocycles. The first-order valence-corrected chi connectivity index (χ1v) is 7.73. The molecule has 0 saturated carbocycles. The van der Waals surface area contributed by atoms with Crippen LogP contribution < -0.4 is 10.1 Å². The van der Waals surface area contributed by atoms with Crippen LogP contribution in [0.1, 0.15) is 28.7 Å². The van der Waals surface area contributed by atoms with Crippen LogP contribution >= 0.6 is 0 Å². The van der Waals surface area contributed by atoms with Crippen molar-refractivity contribution in [1.82, 2.24) is 15.3 Å². The quantitative estimate of drug-likeness (QED) is 0.712. The highest BCUT2D eigenvalue weighted by Crippen LogP contribution is 2.39. The average molecular weight is 373 g/mol. The molecule has 2 aromatic rings. The van der Waals surface area contributed by atoms with Gasteiger partial charge in [-0.2, -0.15) is 18.2 Å². The zero-order valence-corrected chi connectivity index (χ0v) is 13.3. The lowest BCUT2D eigenvalue weighted by molar-refractivity contribution is -0.138. The molecule has 0 amide bonds. The van der Waals surface area contributed by atoms with Crippen LogP contribution in [0.3, 0.4) is 0 Å². The van der Waals surface area contributed by atoms with Gasteiger partial charge in [0.05, 0.1) is 12.3 Å². The summed E-state index contributed by atoms with van der Waals surface area (Å²) >= 11 is 0. The van der Waals surface area contributed by atoms with Crippen molar-refractivity contribution in [1.29, 1.82) is 0 Å². The summed E-state index contributed by atoms with van der Waals surface area (Å²) in [4.78, 5) is 8.09. The molecule has 0 spiro atoms. The van der Waals surface area contributed by atoms with Crippen LogP contribution in [0.2, 0.25) is 0 Å². The zero-order valence-electron chi connectivity index (χ0n) is 13.3. The van der Waals surface area contributed by atoms with E-state index in [-0.39, 0.29) is 11.7 Å². The molecule has 0 fully saturated rings. The second-order valence-electron chi connectivity index (χ2n) is 5.68. The van der Waals surface area contributed by atoms with Crippen molar-refractivity contribution < 1.29 is 32.5 Å². The smallest absolute Gasteiger partial charge is 0.420 e. The van der Waals surface area contributed by atoms with Crippen LogP contribution in [-0.4, -0.2) is 33.3 Å². The molecule has 0 saturated heterocycles. The van der Waals surface area contributed by atoms with Gasteiger partial charge in [0.25, 0.3) is 0 Å². The lowest BCUT2D eigenvalue weighted by Crippen LogP contribution is -2.27. The van der Waals surface area contributed by atoms with Crippen molar-refractivity contribution in [3.05, 3.63) is 46.7 Å². The van der Waals surface area contributed by atoms with Gasteiger partial charge in [0.1, 0.15) is 23.2 Å². The number of aliphatic hydroxyl groups is 2. The van der Waals surface area contributed by atoms with E-state index in [2.05, 4.69) is 15.3 Å². The topological polar surface area (TPSA) is 87.5 Å². The molecule has 1 atom stereocenters. The predicted octanol–water partition coefficient (Wildman–Crippen LogP) is 2.10.